The van der Waals surface area contributed by atoms with Crippen LogP contribution in [0, 0.1) is 21.7 Å². The van der Waals surface area contributed by atoms with Crippen molar-refractivity contribution < 1.29 is 13.7 Å². The monoisotopic (exact) mass is 290 g/mol. The highest BCUT2D eigenvalue weighted by molar-refractivity contribution is 5.64. The molecule has 1 atom stereocenters. The molecule has 0 bridgehead atoms. The molecule has 0 fully saturated rings. The molecule has 4 nitrogen and oxygen atoms in total. The molecule has 21 heavy (non-hydrogen) atoms. The fourth-order valence-corrected chi connectivity index (χ4v) is 2.73. The van der Waals surface area contributed by atoms with E-state index < -0.39 is 22.2 Å². The second-order valence-corrected chi connectivity index (χ2v) is 4.97. The summed E-state index contributed by atoms with van der Waals surface area (Å²) in [6, 6.07) is 8.85. The fraction of sp³-hybridized carbons (Fsp3) is 0.200. The van der Waals surface area contributed by atoms with Crippen LogP contribution in [0.3, 0.4) is 0 Å². The van der Waals surface area contributed by atoms with E-state index in [0.29, 0.717) is 12.5 Å². The molecule has 0 heterocycles. The van der Waals surface area contributed by atoms with Gasteiger partial charge in [0.05, 0.1) is 17.0 Å². The minimum absolute atomic E-state index is 0.208. The molecular weight excluding hydrogens is 278 g/mol. The highest BCUT2D eigenvalue weighted by Gasteiger charge is 2.27. The number of nitro benzene ring substituents is 1. The summed E-state index contributed by atoms with van der Waals surface area (Å²) in [7, 11) is 0. The first kappa shape index (κ1) is 13.5. The number of benzene rings is 2. The van der Waals surface area contributed by atoms with Crippen LogP contribution >= 0.6 is 0 Å². The molecule has 2 aromatic carbocycles. The summed E-state index contributed by atoms with van der Waals surface area (Å²) in [6.45, 7) is 0. The van der Waals surface area contributed by atoms with E-state index in [1.54, 1.807) is 0 Å². The molecule has 108 valence electrons. The molecule has 1 aliphatic carbocycles. The fourth-order valence-electron chi connectivity index (χ4n) is 2.73. The van der Waals surface area contributed by atoms with E-state index in [9.17, 15) is 18.9 Å². The largest absolute Gasteiger partial charge is 0.370 e. The van der Waals surface area contributed by atoms with Crippen molar-refractivity contribution in [2.75, 3.05) is 5.32 Å². The third-order valence-electron chi connectivity index (χ3n) is 3.68. The van der Waals surface area contributed by atoms with Crippen molar-refractivity contribution >= 4 is 11.4 Å². The molecule has 6 heteroatoms. The van der Waals surface area contributed by atoms with Gasteiger partial charge in [-0.3, -0.25) is 10.1 Å². The number of halogens is 2. The zero-order valence-corrected chi connectivity index (χ0v) is 11.0. The van der Waals surface area contributed by atoms with Crippen LogP contribution in [0.1, 0.15) is 23.6 Å². The molecule has 0 aliphatic heterocycles. The highest BCUT2D eigenvalue weighted by atomic mass is 19.1. The molecule has 1 unspecified atom stereocenters. The van der Waals surface area contributed by atoms with Gasteiger partial charge >= 0.3 is 0 Å². The summed E-state index contributed by atoms with van der Waals surface area (Å²) in [4.78, 5) is 10.2. The smallest absolute Gasteiger partial charge is 0.298 e. The summed E-state index contributed by atoms with van der Waals surface area (Å²) in [5.74, 6) is -1.91. The summed E-state index contributed by atoms with van der Waals surface area (Å²) in [5, 5.41) is 13.8. The Bertz CT molecular complexity index is 719. The Morgan fingerprint density at radius 3 is 2.76 bits per heavy atom. The average molecular weight is 290 g/mol. The Morgan fingerprint density at radius 2 is 2.00 bits per heavy atom. The Hall–Kier alpha value is -2.50. The minimum atomic E-state index is -0.962. The number of hydrogen-bond donors (Lipinski definition) is 1. The number of aryl methyl sites for hydroxylation is 1. The zero-order chi connectivity index (χ0) is 15.0. The van der Waals surface area contributed by atoms with Crippen LogP contribution in [0.4, 0.5) is 20.2 Å². The Labute approximate surface area is 119 Å². The predicted molar refractivity (Wildman–Crippen MR) is 74.1 cm³/mol. The second kappa shape index (κ2) is 5.12. The number of nitrogens with one attached hydrogen (secondary N) is 1. The first-order chi connectivity index (χ1) is 10.1. The summed E-state index contributed by atoms with van der Waals surface area (Å²) < 4.78 is 27.0. The second-order valence-electron chi connectivity index (χ2n) is 4.97. The van der Waals surface area contributed by atoms with Crippen molar-refractivity contribution in [2.45, 2.75) is 18.9 Å². The third kappa shape index (κ3) is 2.44. The van der Waals surface area contributed by atoms with E-state index in [2.05, 4.69) is 5.32 Å². The standard InChI is InChI=1S/C15H12F2N2O2/c16-10-7-12(17)15(14(8-10)19(20)21)18-13-6-5-9-3-1-2-4-11(9)13/h1-4,7-8,13,18H,5-6H2. The molecule has 0 saturated carbocycles. The van der Waals surface area contributed by atoms with Crippen LogP contribution in [-0.2, 0) is 6.42 Å². The van der Waals surface area contributed by atoms with E-state index in [4.69, 9.17) is 0 Å². The summed E-state index contributed by atoms with van der Waals surface area (Å²) >= 11 is 0. The van der Waals surface area contributed by atoms with Crippen LogP contribution in [0.25, 0.3) is 0 Å². The maximum absolute atomic E-state index is 13.9. The first-order valence-corrected chi connectivity index (χ1v) is 6.54. The van der Waals surface area contributed by atoms with Crippen molar-refractivity contribution in [3.8, 4) is 0 Å². The van der Waals surface area contributed by atoms with Gasteiger partial charge in [-0.1, -0.05) is 24.3 Å². The van der Waals surface area contributed by atoms with E-state index in [0.717, 1.165) is 23.6 Å². The lowest BCUT2D eigenvalue weighted by atomic mass is 10.1. The lowest BCUT2D eigenvalue weighted by Crippen LogP contribution is -2.10. The van der Waals surface area contributed by atoms with Crippen molar-refractivity contribution in [1.29, 1.82) is 0 Å². The normalized spacial score (nSPS) is 16.6. The lowest BCUT2D eigenvalue weighted by Gasteiger charge is -2.16. The Kier molecular flexibility index (Phi) is 3.29. The maximum atomic E-state index is 13.9. The van der Waals surface area contributed by atoms with Gasteiger partial charge < -0.3 is 5.32 Å². The lowest BCUT2D eigenvalue weighted by molar-refractivity contribution is -0.384. The molecule has 3 rings (SSSR count). The summed E-state index contributed by atoms with van der Waals surface area (Å²) in [5.41, 5.74) is 1.29. The van der Waals surface area contributed by atoms with Gasteiger partial charge in [-0.2, -0.15) is 0 Å². The van der Waals surface area contributed by atoms with Crippen LogP contribution in [0.5, 0.6) is 0 Å². The number of hydrogen-bond acceptors (Lipinski definition) is 3. The average Bonchev–Trinajstić information content (AvgIpc) is 2.84. The van der Waals surface area contributed by atoms with Gasteiger partial charge in [0.2, 0.25) is 0 Å². The van der Waals surface area contributed by atoms with Gasteiger partial charge in [0.15, 0.2) is 5.82 Å². The predicted octanol–water partition coefficient (Wildman–Crippen LogP) is 3.97. The van der Waals surface area contributed by atoms with Gasteiger partial charge in [0.1, 0.15) is 11.5 Å². The van der Waals surface area contributed by atoms with E-state index in [1.165, 1.54) is 0 Å². The topological polar surface area (TPSA) is 55.2 Å². The molecular formula is C15H12F2N2O2. The molecule has 0 aromatic heterocycles. The molecule has 1 aliphatic rings. The van der Waals surface area contributed by atoms with Crippen LogP contribution in [0.15, 0.2) is 36.4 Å². The van der Waals surface area contributed by atoms with E-state index in [1.807, 2.05) is 24.3 Å². The maximum Gasteiger partial charge on any atom is 0.298 e. The SMILES string of the molecule is O=[N+]([O-])c1cc(F)cc(F)c1NC1CCc2ccccc21. The van der Waals surface area contributed by atoms with Gasteiger partial charge in [-0.25, -0.2) is 8.78 Å². The molecule has 1 N–H and O–H groups in total. The summed E-state index contributed by atoms with van der Waals surface area (Å²) in [6.07, 6.45) is 1.54. The molecule has 0 radical (unpaired) electrons. The van der Waals surface area contributed by atoms with Crippen molar-refractivity contribution in [3.63, 3.8) is 0 Å². The van der Waals surface area contributed by atoms with Crippen molar-refractivity contribution in [3.05, 3.63) is 69.3 Å². The van der Waals surface area contributed by atoms with Crippen molar-refractivity contribution in [2.24, 2.45) is 0 Å². The quantitative estimate of drug-likeness (QED) is 0.687. The minimum Gasteiger partial charge on any atom is -0.370 e. The number of anilines is 1. The number of nitrogens with zero attached hydrogens (tertiary/aromatic N) is 1. The molecule has 2 aromatic rings. The van der Waals surface area contributed by atoms with Crippen LogP contribution < -0.4 is 5.32 Å². The zero-order valence-electron chi connectivity index (χ0n) is 11.0. The van der Waals surface area contributed by atoms with E-state index >= 15 is 0 Å². The number of fused-ring (bicyclic) bond motifs is 1. The molecule has 0 saturated heterocycles. The first-order valence-electron chi connectivity index (χ1n) is 6.54. The molecule has 0 amide bonds. The third-order valence-corrected chi connectivity index (χ3v) is 3.68. The molecule has 0 spiro atoms. The Morgan fingerprint density at radius 1 is 1.24 bits per heavy atom. The van der Waals surface area contributed by atoms with Crippen LogP contribution in [0.2, 0.25) is 0 Å². The number of nitro groups is 1. The van der Waals surface area contributed by atoms with Crippen molar-refractivity contribution in [1.82, 2.24) is 0 Å². The highest BCUT2D eigenvalue weighted by Crippen LogP contribution is 2.37. The van der Waals surface area contributed by atoms with Gasteiger partial charge in [0, 0.05) is 6.07 Å². The van der Waals surface area contributed by atoms with E-state index in [-0.39, 0.29) is 11.7 Å². The number of rotatable bonds is 3. The Balaban J connectivity index is 1.98. The van der Waals surface area contributed by atoms with Gasteiger partial charge in [-0.15, -0.1) is 0 Å². The van der Waals surface area contributed by atoms with Gasteiger partial charge in [-0.05, 0) is 24.0 Å². The van der Waals surface area contributed by atoms with Crippen LogP contribution in [-0.4, -0.2) is 4.92 Å². The van der Waals surface area contributed by atoms with Gasteiger partial charge in [0.25, 0.3) is 5.69 Å².